The molecule has 0 aliphatic heterocycles. The predicted molar refractivity (Wildman–Crippen MR) is 77.7 cm³/mol. The van der Waals surface area contributed by atoms with Crippen LogP contribution in [0.5, 0.6) is 0 Å². The summed E-state index contributed by atoms with van der Waals surface area (Å²) in [5.74, 6) is -0.525. The molecule has 0 spiro atoms. The lowest BCUT2D eigenvalue weighted by molar-refractivity contribution is -0.139. The molecular formula is C14H20N2O3S. The predicted octanol–water partition coefficient (Wildman–Crippen LogP) is 2.61. The second-order valence-electron chi connectivity index (χ2n) is 5.63. The van der Waals surface area contributed by atoms with E-state index < -0.39 is 18.0 Å². The van der Waals surface area contributed by atoms with E-state index in [1.807, 2.05) is 0 Å². The average molecular weight is 296 g/mol. The van der Waals surface area contributed by atoms with Crippen molar-refractivity contribution in [2.24, 2.45) is 11.3 Å². The summed E-state index contributed by atoms with van der Waals surface area (Å²) >= 11 is 1.32. The van der Waals surface area contributed by atoms with Crippen molar-refractivity contribution < 1.29 is 14.7 Å². The van der Waals surface area contributed by atoms with Crippen LogP contribution in [0, 0.1) is 11.3 Å². The molecule has 0 saturated heterocycles. The molecule has 1 saturated carbocycles. The molecule has 1 aliphatic rings. The number of carboxylic acids is 1. The monoisotopic (exact) mass is 296 g/mol. The summed E-state index contributed by atoms with van der Waals surface area (Å²) in [6.45, 7) is 4.91. The lowest BCUT2D eigenvalue weighted by Gasteiger charge is -2.21. The third-order valence-corrected chi connectivity index (χ3v) is 5.01. The molecule has 1 unspecified atom stereocenters. The Morgan fingerprint density at radius 2 is 2.15 bits per heavy atom. The molecule has 1 aliphatic carbocycles. The number of nitrogens with one attached hydrogen (secondary N) is 2. The van der Waals surface area contributed by atoms with Gasteiger partial charge in [-0.1, -0.05) is 19.9 Å². The third-order valence-electron chi connectivity index (χ3n) is 4.07. The molecule has 1 aromatic rings. The molecule has 6 heteroatoms. The summed E-state index contributed by atoms with van der Waals surface area (Å²) < 4.78 is 0. The van der Waals surface area contributed by atoms with Crippen LogP contribution in [-0.2, 0) is 4.79 Å². The second-order valence-corrected chi connectivity index (χ2v) is 6.61. The first-order valence-corrected chi connectivity index (χ1v) is 7.63. The van der Waals surface area contributed by atoms with Gasteiger partial charge < -0.3 is 15.7 Å². The van der Waals surface area contributed by atoms with Gasteiger partial charge in [0.05, 0.1) is 0 Å². The SMILES string of the molecule is CC(C)C1(CNC(=O)NC(C(=O)O)c2cccs2)CC1. The molecule has 5 nitrogen and oxygen atoms in total. The van der Waals surface area contributed by atoms with Crippen LogP contribution < -0.4 is 10.6 Å². The van der Waals surface area contributed by atoms with Gasteiger partial charge in [0.1, 0.15) is 0 Å². The first kappa shape index (κ1) is 14.8. The minimum absolute atomic E-state index is 0.207. The van der Waals surface area contributed by atoms with Crippen LogP contribution in [-0.4, -0.2) is 23.7 Å². The van der Waals surface area contributed by atoms with E-state index in [0.29, 0.717) is 17.3 Å². The molecule has 2 rings (SSSR count). The molecule has 0 aromatic carbocycles. The zero-order valence-corrected chi connectivity index (χ0v) is 12.5. The van der Waals surface area contributed by atoms with Crippen LogP contribution in [0.4, 0.5) is 4.79 Å². The first-order chi connectivity index (χ1) is 9.44. The Balaban J connectivity index is 1.88. The molecule has 1 heterocycles. The third kappa shape index (κ3) is 3.30. The molecule has 1 fully saturated rings. The van der Waals surface area contributed by atoms with Gasteiger partial charge in [0.15, 0.2) is 6.04 Å². The topological polar surface area (TPSA) is 78.4 Å². The Bertz CT molecular complexity index is 481. The van der Waals surface area contributed by atoms with Crippen molar-refractivity contribution in [1.29, 1.82) is 0 Å². The van der Waals surface area contributed by atoms with Crippen molar-refractivity contribution in [3.8, 4) is 0 Å². The van der Waals surface area contributed by atoms with Crippen molar-refractivity contribution in [2.45, 2.75) is 32.7 Å². The van der Waals surface area contributed by atoms with Crippen molar-refractivity contribution in [3.63, 3.8) is 0 Å². The summed E-state index contributed by atoms with van der Waals surface area (Å²) in [6, 6.07) is 2.08. The van der Waals surface area contributed by atoms with Crippen LogP contribution in [0.25, 0.3) is 0 Å². The van der Waals surface area contributed by atoms with Gasteiger partial charge in [-0.15, -0.1) is 11.3 Å². The Labute approximate surface area is 122 Å². The van der Waals surface area contributed by atoms with Gasteiger partial charge in [-0.2, -0.15) is 0 Å². The fraction of sp³-hybridized carbons (Fsp3) is 0.571. The number of hydrogen-bond acceptors (Lipinski definition) is 3. The summed E-state index contributed by atoms with van der Waals surface area (Å²) in [5, 5.41) is 16.3. The van der Waals surface area contributed by atoms with Crippen LogP contribution >= 0.6 is 11.3 Å². The Hall–Kier alpha value is -1.56. The Kier molecular flexibility index (Phi) is 4.32. The van der Waals surface area contributed by atoms with Gasteiger partial charge in [-0.3, -0.25) is 0 Å². The number of amides is 2. The summed E-state index contributed by atoms with van der Waals surface area (Å²) in [4.78, 5) is 23.7. The molecule has 20 heavy (non-hydrogen) atoms. The number of rotatable bonds is 6. The number of carboxylic acid groups (broad SMARTS) is 1. The second kappa shape index (κ2) is 5.83. The van der Waals surface area contributed by atoms with Crippen molar-refractivity contribution in [1.82, 2.24) is 10.6 Å². The summed E-state index contributed by atoms with van der Waals surface area (Å²) in [6.07, 6.45) is 2.25. The van der Waals surface area contributed by atoms with Gasteiger partial charge in [-0.25, -0.2) is 9.59 Å². The minimum atomic E-state index is -1.05. The van der Waals surface area contributed by atoms with E-state index in [2.05, 4.69) is 24.5 Å². The van der Waals surface area contributed by atoms with Gasteiger partial charge in [-0.05, 0) is 35.6 Å². The molecule has 2 amide bonds. The average Bonchev–Trinajstić information content (AvgIpc) is 3.00. The molecular weight excluding hydrogens is 276 g/mol. The van der Waals surface area contributed by atoms with E-state index in [1.165, 1.54) is 11.3 Å². The van der Waals surface area contributed by atoms with Gasteiger partial charge in [0, 0.05) is 11.4 Å². The van der Waals surface area contributed by atoms with Gasteiger partial charge in [0.2, 0.25) is 0 Å². The Morgan fingerprint density at radius 1 is 1.45 bits per heavy atom. The number of carbonyl (C=O) groups is 2. The molecule has 110 valence electrons. The number of thiophene rings is 1. The van der Waals surface area contributed by atoms with Crippen LogP contribution in [0.15, 0.2) is 17.5 Å². The van der Waals surface area contributed by atoms with Crippen LogP contribution in [0.2, 0.25) is 0 Å². The number of hydrogen-bond donors (Lipinski definition) is 3. The maximum Gasteiger partial charge on any atom is 0.331 e. The van der Waals surface area contributed by atoms with E-state index in [1.54, 1.807) is 17.5 Å². The zero-order valence-electron chi connectivity index (χ0n) is 11.7. The van der Waals surface area contributed by atoms with E-state index >= 15 is 0 Å². The van der Waals surface area contributed by atoms with Crippen LogP contribution in [0.3, 0.4) is 0 Å². The number of aliphatic carboxylic acids is 1. The number of urea groups is 1. The molecule has 0 radical (unpaired) electrons. The van der Waals surface area contributed by atoms with Gasteiger partial charge >= 0.3 is 12.0 Å². The standard InChI is InChI=1S/C14H20N2O3S/c1-9(2)14(5-6-14)8-15-13(19)16-11(12(17)18)10-4-3-7-20-10/h3-4,7,9,11H,5-6,8H2,1-2H3,(H,17,18)(H2,15,16,19). The van der Waals surface area contributed by atoms with E-state index in [-0.39, 0.29) is 5.41 Å². The van der Waals surface area contributed by atoms with Crippen molar-refractivity contribution in [3.05, 3.63) is 22.4 Å². The van der Waals surface area contributed by atoms with E-state index in [9.17, 15) is 14.7 Å². The lowest BCUT2D eigenvalue weighted by Crippen LogP contribution is -2.43. The maximum atomic E-state index is 11.9. The highest BCUT2D eigenvalue weighted by molar-refractivity contribution is 7.10. The smallest absolute Gasteiger partial charge is 0.331 e. The maximum absolute atomic E-state index is 11.9. The fourth-order valence-electron chi connectivity index (χ4n) is 2.27. The zero-order chi connectivity index (χ0) is 14.8. The first-order valence-electron chi connectivity index (χ1n) is 6.75. The summed E-state index contributed by atoms with van der Waals surface area (Å²) in [5.41, 5.74) is 0.207. The van der Waals surface area contributed by atoms with Crippen LogP contribution in [0.1, 0.15) is 37.6 Å². The normalized spacial score (nSPS) is 17.6. The molecule has 3 N–H and O–H groups in total. The lowest BCUT2D eigenvalue weighted by atomic mass is 9.92. The van der Waals surface area contributed by atoms with E-state index in [0.717, 1.165) is 12.8 Å². The highest BCUT2D eigenvalue weighted by Crippen LogP contribution is 2.51. The minimum Gasteiger partial charge on any atom is -0.479 e. The van der Waals surface area contributed by atoms with Gasteiger partial charge in [0.25, 0.3) is 0 Å². The van der Waals surface area contributed by atoms with Crippen molar-refractivity contribution >= 4 is 23.3 Å². The molecule has 0 bridgehead atoms. The van der Waals surface area contributed by atoms with E-state index in [4.69, 9.17) is 0 Å². The van der Waals surface area contributed by atoms with Crippen molar-refractivity contribution in [2.75, 3.05) is 6.54 Å². The number of carbonyl (C=O) groups excluding carboxylic acids is 1. The molecule has 1 atom stereocenters. The highest BCUT2D eigenvalue weighted by Gasteiger charge is 2.45. The quantitative estimate of drug-likeness (QED) is 0.755. The molecule has 1 aromatic heterocycles. The Morgan fingerprint density at radius 3 is 2.60 bits per heavy atom. The summed E-state index contributed by atoms with van der Waals surface area (Å²) in [7, 11) is 0. The largest absolute Gasteiger partial charge is 0.479 e. The fourth-order valence-corrected chi connectivity index (χ4v) is 3.03. The highest BCUT2D eigenvalue weighted by atomic mass is 32.1.